The van der Waals surface area contributed by atoms with Crippen LogP contribution in [0.5, 0.6) is 0 Å². The highest BCUT2D eigenvalue weighted by Crippen LogP contribution is 2.39. The van der Waals surface area contributed by atoms with E-state index in [4.69, 9.17) is 9.60 Å². The van der Waals surface area contributed by atoms with Crippen LogP contribution in [-0.4, -0.2) is 0 Å². The van der Waals surface area contributed by atoms with Crippen LogP contribution in [0.1, 0.15) is 23.3 Å². The van der Waals surface area contributed by atoms with Crippen molar-refractivity contribution in [3.8, 4) is 44.5 Å². The summed E-state index contributed by atoms with van der Waals surface area (Å²) < 4.78 is 154. The van der Waals surface area contributed by atoms with Crippen molar-refractivity contribution in [1.29, 1.82) is 0 Å². The topological polar surface area (TPSA) is 3.24 Å². The molecule has 0 aliphatic heterocycles. The molecule has 0 atom stereocenters. The Bertz CT molecular complexity index is 3170. The minimum absolute atomic E-state index is 0.135. The number of hydrogen-bond donors (Lipinski definition) is 0. The summed E-state index contributed by atoms with van der Waals surface area (Å²) in [5.74, 6) is 0. The Morgan fingerprint density at radius 3 is 1.60 bits per heavy atom. The molecule has 0 amide bonds. The summed E-state index contributed by atoms with van der Waals surface area (Å²) in [5, 5.41) is 1.52. The van der Waals surface area contributed by atoms with Crippen LogP contribution in [0, 0.1) is 0 Å². The predicted molar refractivity (Wildman–Crippen MR) is 200 cm³/mol. The van der Waals surface area contributed by atoms with Gasteiger partial charge in [-0.05, 0) is 104 Å². The molecular formula is C46H33N. The summed E-state index contributed by atoms with van der Waals surface area (Å²) in [5.41, 5.74) is -1.74. The maximum atomic E-state index is 9.67. The molecule has 0 heterocycles. The molecule has 8 aromatic carbocycles. The van der Waals surface area contributed by atoms with Gasteiger partial charge in [0.25, 0.3) is 0 Å². The lowest BCUT2D eigenvalue weighted by molar-refractivity contribution is 1.28. The molecule has 222 valence electrons. The molecule has 0 fully saturated rings. The van der Waals surface area contributed by atoms with Crippen molar-refractivity contribution in [3.05, 3.63) is 200 Å². The van der Waals surface area contributed by atoms with Gasteiger partial charge in [0.1, 0.15) is 0 Å². The Labute approximate surface area is 300 Å². The van der Waals surface area contributed by atoms with E-state index in [1.165, 1.54) is 0 Å². The smallest absolute Gasteiger partial charge is 0.0651 e. The van der Waals surface area contributed by atoms with Crippen LogP contribution in [0.25, 0.3) is 55.3 Å². The van der Waals surface area contributed by atoms with Crippen molar-refractivity contribution in [2.75, 3.05) is 4.90 Å². The Morgan fingerprint density at radius 2 is 0.872 bits per heavy atom. The third-order valence-corrected chi connectivity index (χ3v) is 7.55. The van der Waals surface area contributed by atoms with E-state index in [0.29, 0.717) is 21.4 Å². The molecule has 1 heteroatoms. The number of rotatable bonds is 7. The van der Waals surface area contributed by atoms with Crippen molar-refractivity contribution in [2.45, 2.75) is 0 Å². The summed E-state index contributed by atoms with van der Waals surface area (Å²) in [6, 6.07) is 15.0. The van der Waals surface area contributed by atoms with E-state index in [2.05, 4.69) is 0 Å². The van der Waals surface area contributed by atoms with Crippen molar-refractivity contribution >= 4 is 27.8 Å². The predicted octanol–water partition coefficient (Wildman–Crippen LogP) is 13.0. The lowest BCUT2D eigenvalue weighted by Crippen LogP contribution is -2.10. The molecular weight excluding hydrogens is 567 g/mol. The van der Waals surface area contributed by atoms with E-state index >= 15 is 0 Å². The lowest BCUT2D eigenvalue weighted by atomic mass is 9.98. The van der Waals surface area contributed by atoms with Gasteiger partial charge in [-0.2, -0.15) is 0 Å². The Balaban J connectivity index is 1.48. The fourth-order valence-electron chi connectivity index (χ4n) is 5.23. The highest BCUT2D eigenvalue weighted by atomic mass is 15.1. The molecule has 0 aliphatic carbocycles. The second-order valence-corrected chi connectivity index (χ2v) is 10.5. The van der Waals surface area contributed by atoms with Gasteiger partial charge in [-0.15, -0.1) is 0 Å². The van der Waals surface area contributed by atoms with E-state index in [1.807, 2.05) is 48.5 Å². The van der Waals surface area contributed by atoms with Crippen LogP contribution in [0.2, 0.25) is 0 Å². The van der Waals surface area contributed by atoms with Gasteiger partial charge in [-0.25, -0.2) is 0 Å². The van der Waals surface area contributed by atoms with Gasteiger partial charge < -0.3 is 4.90 Å². The molecule has 0 N–H and O–H groups in total. The van der Waals surface area contributed by atoms with E-state index < -0.39 is 131 Å². The van der Waals surface area contributed by atoms with Crippen molar-refractivity contribution in [2.24, 2.45) is 0 Å². The second-order valence-electron chi connectivity index (χ2n) is 10.5. The van der Waals surface area contributed by atoms with Gasteiger partial charge in [0.05, 0.1) is 23.3 Å². The Morgan fingerprint density at radius 1 is 0.319 bits per heavy atom. The van der Waals surface area contributed by atoms with Crippen molar-refractivity contribution in [3.63, 3.8) is 0 Å². The van der Waals surface area contributed by atoms with Gasteiger partial charge in [-0.3, -0.25) is 0 Å². The maximum Gasteiger partial charge on any atom is 0.0651 e. The normalized spacial score (nSPS) is 16.0. The first-order valence-electron chi connectivity index (χ1n) is 23.2. The van der Waals surface area contributed by atoms with Gasteiger partial charge in [0.15, 0.2) is 0 Å². The van der Waals surface area contributed by atoms with Gasteiger partial charge in [0, 0.05) is 17.1 Å². The summed E-state index contributed by atoms with van der Waals surface area (Å²) in [4.78, 5) is 0.712. The molecule has 0 aliphatic rings. The van der Waals surface area contributed by atoms with Crippen molar-refractivity contribution < 1.29 is 23.3 Å². The first-order chi connectivity index (χ1) is 30.4. The van der Waals surface area contributed by atoms with E-state index in [9.17, 15) is 13.7 Å². The third-order valence-electron chi connectivity index (χ3n) is 7.55. The number of benzene rings is 8. The molecule has 0 saturated carbocycles. The van der Waals surface area contributed by atoms with E-state index in [1.54, 1.807) is 48.5 Å². The van der Waals surface area contributed by atoms with Crippen molar-refractivity contribution in [1.82, 2.24) is 0 Å². The highest BCUT2D eigenvalue weighted by Gasteiger charge is 2.15. The monoisotopic (exact) mass is 616 g/mol. The highest BCUT2D eigenvalue weighted by molar-refractivity contribution is 5.89. The summed E-state index contributed by atoms with van der Waals surface area (Å²) in [6.45, 7) is 0. The zero-order chi connectivity index (χ0) is 46.2. The minimum atomic E-state index is -0.966. The summed E-state index contributed by atoms with van der Waals surface area (Å²) in [7, 11) is 0. The van der Waals surface area contributed by atoms with Crippen LogP contribution in [-0.2, 0) is 0 Å². The third kappa shape index (κ3) is 5.95. The molecule has 0 bridgehead atoms. The number of anilines is 3. The second kappa shape index (κ2) is 12.7. The molecule has 0 saturated heterocycles. The fourth-order valence-corrected chi connectivity index (χ4v) is 5.23. The van der Waals surface area contributed by atoms with Crippen LogP contribution < -0.4 is 4.90 Å². The average Bonchev–Trinajstić information content (AvgIpc) is 3.29. The molecule has 47 heavy (non-hydrogen) atoms. The zero-order valence-electron chi connectivity index (χ0n) is 41.7. The fraction of sp³-hybridized carbons (Fsp3) is 0. The molecule has 0 spiro atoms. The van der Waals surface area contributed by atoms with Gasteiger partial charge in [0.2, 0.25) is 0 Å². The molecule has 0 aromatic heterocycles. The Hall–Kier alpha value is -6.18. The van der Waals surface area contributed by atoms with Gasteiger partial charge in [-0.1, -0.05) is 151 Å². The van der Waals surface area contributed by atoms with Crippen LogP contribution in [0.3, 0.4) is 0 Å². The lowest BCUT2D eigenvalue weighted by Gasteiger charge is -2.26. The molecule has 0 radical (unpaired) electrons. The zero-order valence-corrected chi connectivity index (χ0v) is 24.7. The van der Waals surface area contributed by atoms with Crippen LogP contribution in [0.15, 0.2) is 200 Å². The first-order valence-corrected chi connectivity index (χ1v) is 14.7. The number of hydrogen-bond acceptors (Lipinski definition) is 1. The van der Waals surface area contributed by atoms with Gasteiger partial charge >= 0.3 is 0 Å². The number of fused-ring (bicyclic) bond motifs is 1. The van der Waals surface area contributed by atoms with E-state index in [0.717, 1.165) is 10.9 Å². The van der Waals surface area contributed by atoms with E-state index in [-0.39, 0.29) is 16.7 Å². The SMILES string of the molecule is [2H]c1c([2H])c([2H])c(-c2c([2H])c([2H])c(N(c3c([2H])c([2H])c(-c4cccc(-c5ccccc5)c4)c([2H])c3[2H])c3c([2H])c([2H])c([2H])c(-c4ccc5ccccc5c4)c3[2H])c([2H])c2[2H])c([2H])c1[2H]. The largest absolute Gasteiger partial charge is 0.310 e. The number of nitrogens with zero attached hydrogens (tertiary/aromatic N) is 1. The average molecular weight is 617 g/mol. The minimum Gasteiger partial charge on any atom is -0.310 e. The maximum absolute atomic E-state index is 9.67. The molecule has 8 aromatic rings. The van der Waals surface area contributed by atoms with Crippen LogP contribution >= 0.6 is 0 Å². The standard InChI is InChI=1S/C46H33N/c1-3-11-34(12-4-1)37-23-27-44(28-24-37)47(46-20-10-19-42(33-46)43-22-21-36-15-7-8-16-39(36)32-43)45-29-25-38(26-30-45)41-18-9-17-40(31-41)35-13-5-2-6-14-35/h1-33H/i1D,3D,4D,10D,11D,12D,19D,20D,23D,24D,25D,26D,27D,28D,29D,30D,33D. The first kappa shape index (κ1) is 15.4. The summed E-state index contributed by atoms with van der Waals surface area (Å²) >= 11 is 0. The summed E-state index contributed by atoms with van der Waals surface area (Å²) in [6.07, 6.45) is 0. The molecule has 1 nitrogen and oxygen atoms in total. The quantitative estimate of drug-likeness (QED) is 0.172. The molecule has 0 unspecified atom stereocenters. The Kier molecular flexibility index (Phi) is 4.15. The van der Waals surface area contributed by atoms with Crippen LogP contribution in [0.4, 0.5) is 17.1 Å². The molecule has 8 rings (SSSR count).